The molecule has 1 unspecified atom stereocenters. The van der Waals surface area contributed by atoms with E-state index in [0.29, 0.717) is 0 Å². The van der Waals surface area contributed by atoms with Crippen LogP contribution in [-0.2, 0) is 19.1 Å². The molecule has 0 aromatic heterocycles. The molecule has 0 spiro atoms. The maximum absolute atomic E-state index is 10.6. The lowest BCUT2D eigenvalue weighted by Crippen LogP contribution is -2.41. The molecular weight excluding hydrogens is 220 g/mol. The molecule has 16 heavy (non-hydrogen) atoms. The molecule has 0 bridgehead atoms. The molecule has 0 saturated heterocycles. The lowest BCUT2D eigenvalue weighted by Gasteiger charge is -2.20. The van der Waals surface area contributed by atoms with Crippen molar-refractivity contribution in [2.24, 2.45) is 0 Å². The van der Waals surface area contributed by atoms with Crippen LogP contribution >= 0.6 is 0 Å². The molecule has 90 valence electrons. The van der Waals surface area contributed by atoms with Gasteiger partial charge >= 0.3 is 17.9 Å². The minimum atomic E-state index is -2.44. The van der Waals surface area contributed by atoms with Crippen LogP contribution in [0.5, 0.6) is 0 Å². The number of carbonyl (C=O) groups is 3. The van der Waals surface area contributed by atoms with Gasteiger partial charge in [0.2, 0.25) is 0 Å². The molecule has 0 fully saturated rings. The Kier molecular flexibility index (Phi) is 5.17. The van der Waals surface area contributed by atoms with Crippen molar-refractivity contribution in [3.05, 3.63) is 12.7 Å². The second-order valence-electron chi connectivity index (χ2n) is 3.03. The summed E-state index contributed by atoms with van der Waals surface area (Å²) in [6.45, 7) is 2.71. The number of hydrogen-bond acceptors (Lipinski definition) is 5. The minimum Gasteiger partial charge on any atom is -0.481 e. The van der Waals surface area contributed by atoms with Crippen molar-refractivity contribution in [3.63, 3.8) is 0 Å². The summed E-state index contributed by atoms with van der Waals surface area (Å²) in [5.41, 5.74) is -2.44. The van der Waals surface area contributed by atoms with Gasteiger partial charge in [0, 0.05) is 12.5 Å². The summed E-state index contributed by atoms with van der Waals surface area (Å²) >= 11 is 0. The smallest absolute Gasteiger partial charge is 0.336 e. The second kappa shape index (κ2) is 5.86. The van der Waals surface area contributed by atoms with Gasteiger partial charge in [0.1, 0.15) is 0 Å². The third kappa shape index (κ3) is 4.56. The van der Waals surface area contributed by atoms with Gasteiger partial charge in [-0.3, -0.25) is 4.79 Å². The summed E-state index contributed by atoms with van der Waals surface area (Å²) in [4.78, 5) is 31.6. The zero-order valence-corrected chi connectivity index (χ0v) is 8.38. The van der Waals surface area contributed by atoms with Crippen molar-refractivity contribution in [2.75, 3.05) is 6.61 Å². The zero-order valence-electron chi connectivity index (χ0n) is 8.38. The largest absolute Gasteiger partial charge is 0.481 e. The number of carboxylic acid groups (broad SMARTS) is 2. The van der Waals surface area contributed by atoms with E-state index < -0.39 is 43.0 Å². The highest BCUT2D eigenvalue weighted by Crippen LogP contribution is 2.16. The van der Waals surface area contributed by atoms with Gasteiger partial charge < -0.3 is 20.1 Å². The molecule has 0 aromatic carbocycles. The Labute approximate surface area is 90.9 Å². The normalized spacial score (nSPS) is 13.6. The molecule has 0 heterocycles. The Hall–Kier alpha value is -1.89. The Bertz CT molecular complexity index is 309. The Morgan fingerprint density at radius 3 is 2.25 bits per heavy atom. The zero-order chi connectivity index (χ0) is 12.8. The summed E-state index contributed by atoms with van der Waals surface area (Å²) in [7, 11) is 0. The van der Waals surface area contributed by atoms with Crippen LogP contribution in [0.1, 0.15) is 12.8 Å². The molecule has 0 amide bonds. The molecule has 0 aliphatic rings. The highest BCUT2D eigenvalue weighted by atomic mass is 16.5. The highest BCUT2D eigenvalue weighted by Gasteiger charge is 2.38. The van der Waals surface area contributed by atoms with Crippen molar-refractivity contribution >= 4 is 17.9 Å². The van der Waals surface area contributed by atoms with Gasteiger partial charge in [0.15, 0.2) is 5.60 Å². The Morgan fingerprint density at radius 1 is 1.31 bits per heavy atom. The summed E-state index contributed by atoms with van der Waals surface area (Å²) in [5.74, 6) is -3.91. The fourth-order valence-corrected chi connectivity index (χ4v) is 0.901. The first-order valence-corrected chi connectivity index (χ1v) is 4.28. The van der Waals surface area contributed by atoms with E-state index >= 15 is 0 Å². The number of carboxylic acids is 2. The fourth-order valence-electron chi connectivity index (χ4n) is 0.901. The van der Waals surface area contributed by atoms with Crippen molar-refractivity contribution in [2.45, 2.75) is 18.4 Å². The van der Waals surface area contributed by atoms with Gasteiger partial charge in [-0.15, -0.1) is 0 Å². The van der Waals surface area contributed by atoms with Crippen molar-refractivity contribution in [1.29, 1.82) is 0 Å². The maximum atomic E-state index is 10.6. The summed E-state index contributed by atoms with van der Waals surface area (Å²) < 4.78 is 4.45. The molecule has 0 radical (unpaired) electrons. The van der Waals surface area contributed by atoms with Crippen LogP contribution in [0.15, 0.2) is 12.7 Å². The lowest BCUT2D eigenvalue weighted by atomic mass is 9.96. The maximum Gasteiger partial charge on any atom is 0.336 e. The first-order chi connectivity index (χ1) is 7.31. The average Bonchev–Trinajstić information content (AvgIpc) is 2.16. The minimum absolute atomic E-state index is 0.402. The highest BCUT2D eigenvalue weighted by molar-refractivity contribution is 5.84. The average molecular weight is 232 g/mol. The molecule has 7 heteroatoms. The van der Waals surface area contributed by atoms with E-state index in [4.69, 9.17) is 10.2 Å². The Balaban J connectivity index is 4.34. The van der Waals surface area contributed by atoms with Crippen LogP contribution in [0.2, 0.25) is 0 Å². The monoisotopic (exact) mass is 232 g/mol. The molecular formula is C9H12O7. The number of rotatable bonds is 7. The third-order valence-corrected chi connectivity index (χ3v) is 1.77. The molecule has 0 aliphatic carbocycles. The fraction of sp³-hybridized carbons (Fsp3) is 0.444. The predicted molar refractivity (Wildman–Crippen MR) is 50.6 cm³/mol. The van der Waals surface area contributed by atoms with E-state index in [-0.39, 0.29) is 0 Å². The number of esters is 1. The molecule has 0 rings (SSSR count). The van der Waals surface area contributed by atoms with Gasteiger partial charge in [0.05, 0.1) is 13.0 Å². The lowest BCUT2D eigenvalue weighted by molar-refractivity contribution is -0.168. The number of aliphatic carboxylic acids is 2. The molecule has 0 saturated carbocycles. The van der Waals surface area contributed by atoms with Crippen LogP contribution < -0.4 is 0 Å². The number of hydrogen-bond donors (Lipinski definition) is 3. The summed E-state index contributed by atoms with van der Waals surface area (Å²) in [6.07, 6.45) is -0.598. The SMILES string of the molecule is C=CC(=O)OCCC(O)(CC(=O)O)C(=O)O. The van der Waals surface area contributed by atoms with E-state index in [0.717, 1.165) is 6.08 Å². The van der Waals surface area contributed by atoms with E-state index in [1.807, 2.05) is 0 Å². The summed E-state index contributed by atoms with van der Waals surface area (Å²) in [5, 5.41) is 26.5. The molecule has 1 atom stereocenters. The van der Waals surface area contributed by atoms with Crippen molar-refractivity contribution < 1.29 is 34.4 Å². The Morgan fingerprint density at radius 2 is 1.88 bits per heavy atom. The van der Waals surface area contributed by atoms with Crippen molar-refractivity contribution in [3.8, 4) is 0 Å². The van der Waals surface area contributed by atoms with Gasteiger partial charge in [-0.25, -0.2) is 9.59 Å². The number of ether oxygens (including phenoxy) is 1. The van der Waals surface area contributed by atoms with E-state index in [1.54, 1.807) is 0 Å². The van der Waals surface area contributed by atoms with E-state index in [1.165, 1.54) is 0 Å². The van der Waals surface area contributed by atoms with Gasteiger partial charge in [-0.1, -0.05) is 6.58 Å². The van der Waals surface area contributed by atoms with Gasteiger partial charge in [0.25, 0.3) is 0 Å². The van der Waals surface area contributed by atoms with Crippen LogP contribution in [0.3, 0.4) is 0 Å². The number of aliphatic hydroxyl groups is 1. The number of carbonyl (C=O) groups excluding carboxylic acids is 1. The third-order valence-electron chi connectivity index (χ3n) is 1.77. The van der Waals surface area contributed by atoms with Crippen molar-refractivity contribution in [1.82, 2.24) is 0 Å². The van der Waals surface area contributed by atoms with Gasteiger partial charge in [-0.05, 0) is 0 Å². The first kappa shape index (κ1) is 14.1. The predicted octanol–water partition coefficient (Wildman–Crippen LogP) is -0.604. The quantitative estimate of drug-likeness (QED) is 0.395. The topological polar surface area (TPSA) is 121 Å². The van der Waals surface area contributed by atoms with E-state index in [9.17, 15) is 19.5 Å². The van der Waals surface area contributed by atoms with Crippen LogP contribution in [0, 0.1) is 0 Å². The molecule has 7 nitrogen and oxygen atoms in total. The first-order valence-electron chi connectivity index (χ1n) is 4.28. The van der Waals surface area contributed by atoms with Crippen LogP contribution in [-0.4, -0.2) is 45.4 Å². The molecule has 3 N–H and O–H groups in total. The summed E-state index contributed by atoms with van der Waals surface area (Å²) in [6, 6.07) is 0. The van der Waals surface area contributed by atoms with E-state index in [2.05, 4.69) is 11.3 Å². The molecule has 0 aliphatic heterocycles. The second-order valence-corrected chi connectivity index (χ2v) is 3.03. The standard InChI is InChI=1S/C9H12O7/c1-2-7(12)16-4-3-9(15,8(13)14)5-6(10)11/h2,15H,1,3-5H2,(H,10,11)(H,13,14). The van der Waals surface area contributed by atoms with Crippen LogP contribution in [0.4, 0.5) is 0 Å². The molecule has 0 aromatic rings. The van der Waals surface area contributed by atoms with Gasteiger partial charge in [-0.2, -0.15) is 0 Å². The van der Waals surface area contributed by atoms with Crippen LogP contribution in [0.25, 0.3) is 0 Å².